The zero-order valence-corrected chi connectivity index (χ0v) is 27.6. The SMILES string of the molecule is COC(=O)C1CCN(C(=O)CCC(=O)N[C@H](C(=O)C[C@@H](CCCNC(N)=O)C(=O)Nc2ccc(CBr)cc2)C(C)C)C(C)C1. The lowest BCUT2D eigenvalue weighted by Gasteiger charge is -2.36. The van der Waals surface area contributed by atoms with E-state index in [1.165, 1.54) is 7.11 Å². The lowest BCUT2D eigenvalue weighted by Crippen LogP contribution is -2.47. The topological polar surface area (TPSA) is 177 Å². The van der Waals surface area contributed by atoms with E-state index in [1.54, 1.807) is 30.9 Å². The van der Waals surface area contributed by atoms with Crippen molar-refractivity contribution in [1.29, 1.82) is 0 Å². The fraction of sp³-hybridized carbons (Fsp3) is 0.613. The third-order valence-electron chi connectivity index (χ3n) is 7.85. The average molecular weight is 681 g/mol. The van der Waals surface area contributed by atoms with Gasteiger partial charge in [-0.1, -0.05) is 41.9 Å². The number of amides is 5. The molecule has 0 saturated carbocycles. The molecule has 1 aliphatic heterocycles. The number of anilines is 1. The number of halogens is 1. The Labute approximate surface area is 267 Å². The van der Waals surface area contributed by atoms with Gasteiger partial charge in [0.1, 0.15) is 0 Å². The van der Waals surface area contributed by atoms with Gasteiger partial charge in [0, 0.05) is 55.3 Å². The lowest BCUT2D eigenvalue weighted by atomic mass is 9.89. The van der Waals surface area contributed by atoms with E-state index in [0.717, 1.165) is 5.56 Å². The molecule has 0 radical (unpaired) electrons. The number of ketones is 1. The predicted molar refractivity (Wildman–Crippen MR) is 170 cm³/mol. The highest BCUT2D eigenvalue weighted by Gasteiger charge is 2.33. The van der Waals surface area contributed by atoms with Crippen molar-refractivity contribution in [3.63, 3.8) is 0 Å². The zero-order valence-electron chi connectivity index (χ0n) is 26.0. The molecule has 0 aliphatic carbocycles. The standard InChI is InChI=1S/C31H46BrN5O7/c1-19(2)28(36-26(39)11-12-27(40)37-15-13-23(16-20(37)3)30(42)44-4)25(38)17-22(6-5-14-34-31(33)43)29(41)35-24-9-7-21(18-32)8-10-24/h7-10,19-20,22-23,28H,5-6,11-18H2,1-4H3,(H,35,41)(H,36,39)(H3,33,34,43)/t20?,22-,23?,28+/m1/s1. The second-order valence-electron chi connectivity index (χ2n) is 11.6. The smallest absolute Gasteiger partial charge is 0.312 e. The first-order valence-corrected chi connectivity index (χ1v) is 16.2. The highest BCUT2D eigenvalue weighted by atomic mass is 79.9. The number of nitrogens with two attached hydrogens (primary N) is 1. The molecule has 0 spiro atoms. The highest BCUT2D eigenvalue weighted by Crippen LogP contribution is 2.25. The molecular formula is C31H46BrN5O7. The minimum absolute atomic E-state index is 0.0240. The van der Waals surface area contributed by atoms with Crippen LogP contribution in [-0.4, -0.2) is 72.7 Å². The number of carbonyl (C=O) groups excluding carboxylic acids is 6. The molecule has 5 N–H and O–H groups in total. The molecule has 2 unspecified atom stereocenters. The number of esters is 1. The van der Waals surface area contributed by atoms with E-state index < -0.39 is 23.9 Å². The van der Waals surface area contributed by atoms with Gasteiger partial charge in [-0.05, 0) is 56.2 Å². The van der Waals surface area contributed by atoms with E-state index in [4.69, 9.17) is 10.5 Å². The molecule has 0 bridgehead atoms. The third kappa shape index (κ3) is 11.9. The summed E-state index contributed by atoms with van der Waals surface area (Å²) < 4.78 is 4.83. The number of methoxy groups -OCH3 is 1. The van der Waals surface area contributed by atoms with Gasteiger partial charge in [-0.3, -0.25) is 24.0 Å². The van der Waals surface area contributed by atoms with Gasteiger partial charge >= 0.3 is 12.0 Å². The van der Waals surface area contributed by atoms with Crippen molar-refractivity contribution in [2.24, 2.45) is 23.5 Å². The number of benzene rings is 1. The van der Waals surface area contributed by atoms with E-state index in [-0.39, 0.29) is 67.3 Å². The number of piperidine rings is 1. The monoisotopic (exact) mass is 679 g/mol. The largest absolute Gasteiger partial charge is 0.469 e. The summed E-state index contributed by atoms with van der Waals surface area (Å²) >= 11 is 3.39. The maximum Gasteiger partial charge on any atom is 0.312 e. The lowest BCUT2D eigenvalue weighted by molar-refractivity contribution is -0.150. The van der Waals surface area contributed by atoms with Crippen molar-refractivity contribution < 1.29 is 33.5 Å². The van der Waals surface area contributed by atoms with Crippen LogP contribution in [0.4, 0.5) is 10.5 Å². The van der Waals surface area contributed by atoms with Crippen LogP contribution in [0.25, 0.3) is 0 Å². The van der Waals surface area contributed by atoms with Crippen LogP contribution in [0.2, 0.25) is 0 Å². The van der Waals surface area contributed by atoms with E-state index in [0.29, 0.717) is 43.2 Å². The summed E-state index contributed by atoms with van der Waals surface area (Å²) in [5.74, 6) is -2.73. The van der Waals surface area contributed by atoms with Crippen molar-refractivity contribution in [2.45, 2.75) is 83.1 Å². The molecule has 2 rings (SSSR count). The molecule has 44 heavy (non-hydrogen) atoms. The number of alkyl halides is 1. The number of hydrogen-bond donors (Lipinski definition) is 4. The van der Waals surface area contributed by atoms with Crippen LogP contribution in [0.5, 0.6) is 0 Å². The van der Waals surface area contributed by atoms with Gasteiger partial charge in [0.05, 0.1) is 19.1 Å². The summed E-state index contributed by atoms with van der Waals surface area (Å²) in [5.41, 5.74) is 6.78. The fourth-order valence-electron chi connectivity index (χ4n) is 5.33. The second kappa shape index (κ2) is 18.4. The average Bonchev–Trinajstić information content (AvgIpc) is 2.99. The first-order chi connectivity index (χ1) is 20.9. The van der Waals surface area contributed by atoms with Crippen LogP contribution in [-0.2, 0) is 34.0 Å². The maximum atomic E-state index is 13.4. The molecule has 4 atom stereocenters. The summed E-state index contributed by atoms with van der Waals surface area (Å²) in [6, 6.07) is 5.64. The summed E-state index contributed by atoms with van der Waals surface area (Å²) in [6.45, 7) is 6.14. The molecule has 244 valence electrons. The molecule has 1 saturated heterocycles. The van der Waals surface area contributed by atoms with Crippen LogP contribution in [0.15, 0.2) is 24.3 Å². The Bertz CT molecular complexity index is 1160. The number of ether oxygens (including phenoxy) is 1. The minimum Gasteiger partial charge on any atom is -0.469 e. The Morgan fingerprint density at radius 1 is 1.09 bits per heavy atom. The van der Waals surface area contributed by atoms with Gasteiger partial charge in [0.2, 0.25) is 17.7 Å². The molecule has 1 aromatic rings. The number of primary amides is 1. The fourth-order valence-corrected chi connectivity index (χ4v) is 5.70. The molecule has 1 heterocycles. The Kier molecular flexibility index (Phi) is 15.3. The molecule has 5 amide bonds. The summed E-state index contributed by atoms with van der Waals surface area (Å²) in [6.07, 6.45) is 1.52. The van der Waals surface area contributed by atoms with Gasteiger partial charge in [-0.15, -0.1) is 0 Å². The quantitative estimate of drug-likeness (QED) is 0.118. The van der Waals surface area contributed by atoms with Crippen molar-refractivity contribution in [1.82, 2.24) is 15.5 Å². The molecule has 12 nitrogen and oxygen atoms in total. The van der Waals surface area contributed by atoms with E-state index >= 15 is 0 Å². The number of carbonyl (C=O) groups is 6. The Hall–Kier alpha value is -3.48. The van der Waals surface area contributed by atoms with Crippen molar-refractivity contribution >= 4 is 57.1 Å². The van der Waals surface area contributed by atoms with E-state index in [1.807, 2.05) is 19.1 Å². The van der Waals surface area contributed by atoms with Gasteiger partial charge in [0.15, 0.2) is 5.78 Å². The molecule has 1 fully saturated rings. The van der Waals surface area contributed by atoms with Crippen molar-refractivity contribution in [3.8, 4) is 0 Å². The van der Waals surface area contributed by atoms with Gasteiger partial charge < -0.3 is 31.3 Å². The third-order valence-corrected chi connectivity index (χ3v) is 8.50. The molecule has 1 aromatic carbocycles. The van der Waals surface area contributed by atoms with Gasteiger partial charge in [-0.2, -0.15) is 0 Å². The highest BCUT2D eigenvalue weighted by molar-refractivity contribution is 9.08. The predicted octanol–water partition coefficient (Wildman–Crippen LogP) is 3.27. The molecule has 13 heteroatoms. The van der Waals surface area contributed by atoms with Crippen LogP contribution >= 0.6 is 15.9 Å². The number of hydrogen-bond acceptors (Lipinski definition) is 7. The molecule has 1 aliphatic rings. The van der Waals surface area contributed by atoms with Crippen LogP contribution in [0.1, 0.15) is 71.3 Å². The normalized spacial score (nSPS) is 17.7. The maximum absolute atomic E-state index is 13.4. The summed E-state index contributed by atoms with van der Waals surface area (Å²) in [4.78, 5) is 77.0. The number of Topliss-reactive ketones (excluding diaryl/α,β-unsaturated/α-hetero) is 1. The molecular weight excluding hydrogens is 634 g/mol. The second-order valence-corrected chi connectivity index (χ2v) is 12.2. The van der Waals surface area contributed by atoms with Gasteiger partial charge in [0.25, 0.3) is 0 Å². The number of urea groups is 1. The summed E-state index contributed by atoms with van der Waals surface area (Å²) in [7, 11) is 1.35. The Balaban J connectivity index is 1.99. The number of rotatable bonds is 16. The van der Waals surface area contributed by atoms with Crippen molar-refractivity contribution in [2.75, 3.05) is 25.5 Å². The van der Waals surface area contributed by atoms with Crippen LogP contribution in [0.3, 0.4) is 0 Å². The minimum atomic E-state index is -0.843. The zero-order chi connectivity index (χ0) is 32.8. The Morgan fingerprint density at radius 3 is 2.34 bits per heavy atom. The Morgan fingerprint density at radius 2 is 1.77 bits per heavy atom. The first kappa shape index (κ1) is 36.7. The number of nitrogens with zero attached hydrogens (tertiary/aromatic N) is 1. The van der Waals surface area contributed by atoms with Crippen LogP contribution in [0, 0.1) is 17.8 Å². The number of nitrogens with one attached hydrogen (secondary N) is 3. The summed E-state index contributed by atoms with van der Waals surface area (Å²) in [5, 5.41) is 8.81. The van der Waals surface area contributed by atoms with Crippen LogP contribution < -0.4 is 21.7 Å². The molecule has 0 aromatic heterocycles. The van der Waals surface area contributed by atoms with Gasteiger partial charge in [-0.25, -0.2) is 4.79 Å². The van der Waals surface area contributed by atoms with E-state index in [9.17, 15) is 28.8 Å². The first-order valence-electron chi connectivity index (χ1n) is 15.0. The van der Waals surface area contributed by atoms with E-state index in [2.05, 4.69) is 31.9 Å². The number of likely N-dealkylation sites (tertiary alicyclic amines) is 1. The van der Waals surface area contributed by atoms with Crippen molar-refractivity contribution in [3.05, 3.63) is 29.8 Å².